The minimum Gasteiger partial charge on any atom is -0.443 e. The number of Topliss-reactive ketones (excluding diaryl/α,β-unsaturated/α-hetero) is 1. The van der Waals surface area contributed by atoms with Crippen LogP contribution in [0.25, 0.3) is 11.1 Å². The second-order valence-electron chi connectivity index (χ2n) is 7.48. The van der Waals surface area contributed by atoms with Crippen LogP contribution >= 0.6 is 0 Å². The first-order chi connectivity index (χ1) is 13.0. The zero-order valence-electron chi connectivity index (χ0n) is 16.6. The van der Waals surface area contributed by atoms with Gasteiger partial charge in [0.2, 0.25) is 6.43 Å². The minimum absolute atomic E-state index is 0.126. The molecule has 0 aliphatic heterocycles. The summed E-state index contributed by atoms with van der Waals surface area (Å²) >= 11 is 0. The number of benzene rings is 1. The van der Waals surface area contributed by atoms with Crippen molar-refractivity contribution in [1.29, 1.82) is 0 Å². The van der Waals surface area contributed by atoms with Crippen molar-refractivity contribution in [1.82, 2.24) is 4.98 Å². The van der Waals surface area contributed by atoms with Gasteiger partial charge in [-0.2, -0.15) is 0 Å². The third kappa shape index (κ3) is 5.58. The molecule has 28 heavy (non-hydrogen) atoms. The monoisotopic (exact) mass is 390 g/mol. The van der Waals surface area contributed by atoms with Crippen LogP contribution in [0.4, 0.5) is 19.3 Å². The lowest BCUT2D eigenvalue weighted by Crippen LogP contribution is -2.35. The SMILES string of the molecule is CC(=O)c1ncc(-c2cccc(CC(F)F)c2)cc1N(C)C(=O)OC(C)(C)C. The fraction of sp³-hybridized carbons (Fsp3) is 0.381. The average Bonchev–Trinajstić information content (AvgIpc) is 2.58. The van der Waals surface area contributed by atoms with E-state index in [1.807, 2.05) is 0 Å². The van der Waals surface area contributed by atoms with E-state index in [1.54, 1.807) is 51.1 Å². The second-order valence-corrected chi connectivity index (χ2v) is 7.48. The molecule has 1 aromatic heterocycles. The number of amides is 1. The first-order valence-electron chi connectivity index (χ1n) is 8.83. The van der Waals surface area contributed by atoms with Crippen LogP contribution in [0.3, 0.4) is 0 Å². The number of halogens is 2. The average molecular weight is 390 g/mol. The van der Waals surface area contributed by atoms with Crippen molar-refractivity contribution in [3.63, 3.8) is 0 Å². The molecular weight excluding hydrogens is 366 g/mol. The molecule has 2 aromatic rings. The molecule has 0 fully saturated rings. The van der Waals surface area contributed by atoms with Gasteiger partial charge in [0.15, 0.2) is 5.78 Å². The Kier molecular flexibility index (Phi) is 6.48. The predicted molar refractivity (Wildman–Crippen MR) is 104 cm³/mol. The van der Waals surface area contributed by atoms with E-state index in [-0.39, 0.29) is 17.9 Å². The lowest BCUT2D eigenvalue weighted by atomic mass is 10.0. The molecule has 7 heteroatoms. The van der Waals surface area contributed by atoms with E-state index < -0.39 is 18.1 Å². The Morgan fingerprint density at radius 3 is 2.43 bits per heavy atom. The first kappa shape index (κ1) is 21.5. The van der Waals surface area contributed by atoms with Crippen LogP contribution in [0.2, 0.25) is 0 Å². The molecule has 150 valence electrons. The summed E-state index contributed by atoms with van der Waals surface area (Å²) in [4.78, 5) is 29.8. The van der Waals surface area contributed by atoms with Gasteiger partial charge < -0.3 is 4.74 Å². The number of hydrogen-bond donors (Lipinski definition) is 0. The number of alkyl halides is 2. The van der Waals surface area contributed by atoms with Crippen LogP contribution in [0.1, 0.15) is 43.7 Å². The fourth-order valence-electron chi connectivity index (χ4n) is 2.62. The van der Waals surface area contributed by atoms with Crippen molar-refractivity contribution >= 4 is 17.6 Å². The molecule has 0 saturated carbocycles. The third-order valence-electron chi connectivity index (χ3n) is 3.88. The fourth-order valence-corrected chi connectivity index (χ4v) is 2.62. The van der Waals surface area contributed by atoms with Crippen LogP contribution < -0.4 is 4.90 Å². The number of pyridine rings is 1. The molecule has 0 N–H and O–H groups in total. The van der Waals surface area contributed by atoms with Gasteiger partial charge in [-0.15, -0.1) is 0 Å². The van der Waals surface area contributed by atoms with Crippen molar-refractivity contribution < 1.29 is 23.1 Å². The summed E-state index contributed by atoms with van der Waals surface area (Å²) in [7, 11) is 1.49. The Bertz CT molecular complexity index is 876. The van der Waals surface area contributed by atoms with E-state index in [2.05, 4.69) is 4.98 Å². The molecule has 0 spiro atoms. The zero-order valence-corrected chi connectivity index (χ0v) is 16.6. The van der Waals surface area contributed by atoms with Gasteiger partial charge >= 0.3 is 6.09 Å². The summed E-state index contributed by atoms with van der Waals surface area (Å²) in [6, 6.07) is 8.35. The van der Waals surface area contributed by atoms with Gasteiger partial charge in [0, 0.05) is 32.2 Å². The van der Waals surface area contributed by atoms with E-state index in [1.165, 1.54) is 25.1 Å². The molecule has 0 radical (unpaired) electrons. The molecule has 1 amide bonds. The molecule has 0 atom stereocenters. The van der Waals surface area contributed by atoms with Crippen molar-refractivity contribution in [2.24, 2.45) is 0 Å². The smallest absolute Gasteiger partial charge is 0.414 e. The highest BCUT2D eigenvalue weighted by atomic mass is 19.3. The summed E-state index contributed by atoms with van der Waals surface area (Å²) in [6.45, 7) is 6.59. The summed E-state index contributed by atoms with van der Waals surface area (Å²) < 4.78 is 30.7. The lowest BCUT2D eigenvalue weighted by Gasteiger charge is -2.25. The number of rotatable bonds is 5. The van der Waals surface area contributed by atoms with Crippen LogP contribution in [0.15, 0.2) is 36.5 Å². The van der Waals surface area contributed by atoms with E-state index in [4.69, 9.17) is 4.74 Å². The van der Waals surface area contributed by atoms with E-state index >= 15 is 0 Å². The number of hydrogen-bond acceptors (Lipinski definition) is 4. The third-order valence-corrected chi connectivity index (χ3v) is 3.88. The zero-order chi connectivity index (χ0) is 21.1. The maximum atomic E-state index is 12.7. The molecule has 0 bridgehead atoms. The number of aromatic nitrogens is 1. The normalized spacial score (nSPS) is 11.4. The Morgan fingerprint density at radius 1 is 1.18 bits per heavy atom. The summed E-state index contributed by atoms with van der Waals surface area (Å²) in [5.74, 6) is -0.302. The van der Waals surface area contributed by atoms with Gasteiger partial charge in [-0.3, -0.25) is 14.7 Å². The van der Waals surface area contributed by atoms with Crippen LogP contribution in [-0.2, 0) is 11.2 Å². The van der Waals surface area contributed by atoms with Gasteiger partial charge in [-0.05, 0) is 38.0 Å². The minimum atomic E-state index is -2.44. The maximum absolute atomic E-state index is 12.7. The lowest BCUT2D eigenvalue weighted by molar-refractivity contribution is 0.0589. The predicted octanol–water partition coefficient (Wildman–Crippen LogP) is 5.13. The molecule has 0 saturated heterocycles. The Labute approximate surface area is 163 Å². The number of nitrogens with zero attached hydrogens (tertiary/aromatic N) is 2. The second kappa shape index (κ2) is 8.46. The van der Waals surface area contributed by atoms with Crippen molar-refractivity contribution in [3.8, 4) is 11.1 Å². The molecule has 0 aliphatic rings. The summed E-state index contributed by atoms with van der Waals surface area (Å²) in [5.41, 5.74) is 1.48. The Hall–Kier alpha value is -2.83. The van der Waals surface area contributed by atoms with Gasteiger partial charge in [-0.1, -0.05) is 24.3 Å². The quantitative estimate of drug-likeness (QED) is 0.664. The molecule has 1 heterocycles. The Morgan fingerprint density at radius 2 is 1.86 bits per heavy atom. The maximum Gasteiger partial charge on any atom is 0.414 e. The van der Waals surface area contributed by atoms with Crippen molar-refractivity contribution in [2.75, 3.05) is 11.9 Å². The number of anilines is 1. The van der Waals surface area contributed by atoms with Crippen LogP contribution in [0.5, 0.6) is 0 Å². The Balaban J connectivity index is 2.46. The van der Waals surface area contributed by atoms with Gasteiger partial charge in [0.05, 0.1) is 5.69 Å². The topological polar surface area (TPSA) is 59.5 Å². The highest BCUT2D eigenvalue weighted by Crippen LogP contribution is 2.28. The molecule has 1 aromatic carbocycles. The molecule has 2 rings (SSSR count). The highest BCUT2D eigenvalue weighted by Gasteiger charge is 2.24. The molecular formula is C21H24F2N2O3. The number of ketones is 1. The van der Waals surface area contributed by atoms with Crippen LogP contribution in [-0.4, -0.2) is 35.9 Å². The number of carbonyl (C=O) groups is 2. The van der Waals surface area contributed by atoms with Gasteiger partial charge in [-0.25, -0.2) is 13.6 Å². The number of carbonyl (C=O) groups excluding carboxylic acids is 2. The number of ether oxygens (including phenoxy) is 1. The highest BCUT2D eigenvalue weighted by molar-refractivity contribution is 6.02. The van der Waals surface area contributed by atoms with E-state index in [0.717, 1.165) is 0 Å². The molecule has 5 nitrogen and oxygen atoms in total. The van der Waals surface area contributed by atoms with Crippen LogP contribution in [0, 0.1) is 0 Å². The summed E-state index contributed by atoms with van der Waals surface area (Å²) in [6.07, 6.45) is -1.93. The molecule has 0 unspecified atom stereocenters. The van der Waals surface area contributed by atoms with Crippen molar-refractivity contribution in [2.45, 2.75) is 46.1 Å². The first-order valence-corrected chi connectivity index (χ1v) is 8.83. The van der Waals surface area contributed by atoms with Gasteiger partial charge in [0.1, 0.15) is 11.3 Å². The van der Waals surface area contributed by atoms with Crippen molar-refractivity contribution in [3.05, 3.63) is 47.8 Å². The van der Waals surface area contributed by atoms with Gasteiger partial charge in [0.25, 0.3) is 0 Å². The van der Waals surface area contributed by atoms with E-state index in [9.17, 15) is 18.4 Å². The molecule has 0 aliphatic carbocycles. The largest absolute Gasteiger partial charge is 0.443 e. The summed E-state index contributed by atoms with van der Waals surface area (Å²) in [5, 5.41) is 0. The van der Waals surface area contributed by atoms with E-state index in [0.29, 0.717) is 22.4 Å². The standard InChI is InChI=1S/C21H24F2N2O3/c1-13(26)19-17(25(5)20(27)28-21(2,3)4)11-16(12-24-19)15-8-6-7-14(9-15)10-18(22)23/h6-9,11-12,18H,10H2,1-5H3.